The second-order valence-electron chi connectivity index (χ2n) is 2.89. The first-order chi connectivity index (χ1) is 7.45. The quantitative estimate of drug-likeness (QED) is 0.673. The maximum absolute atomic E-state index is 12.7. The Labute approximate surface area is 104 Å². The average molecular weight is 343 g/mol. The number of aromatic nitrogens is 1. The minimum atomic E-state index is -2.75. The fraction of sp³-hybridized carbons (Fsp3) is 0.333. The zero-order valence-corrected chi connectivity index (χ0v) is 10.4. The fourth-order valence-electron chi connectivity index (χ4n) is 1.23. The molecule has 16 heavy (non-hydrogen) atoms. The van der Waals surface area contributed by atoms with Crippen molar-refractivity contribution in [3.63, 3.8) is 0 Å². The molecule has 1 rings (SSSR count). The molecule has 0 aliphatic carbocycles. The number of alkyl halides is 2. The van der Waals surface area contributed by atoms with Crippen LogP contribution in [0.25, 0.3) is 0 Å². The molecule has 1 heterocycles. The third kappa shape index (κ3) is 3.00. The van der Waals surface area contributed by atoms with Crippen LogP contribution in [-0.4, -0.2) is 23.2 Å². The number of hydrogen-bond donors (Lipinski definition) is 1. The van der Waals surface area contributed by atoms with Gasteiger partial charge in [-0.05, 0) is 28.7 Å². The highest BCUT2D eigenvalue weighted by atomic mass is 127. The number of carbonyl (C=O) groups is 1. The number of carboxylic acid groups (broad SMARTS) is 1. The molecular formula is C9H8F2INO3. The predicted octanol–water partition coefficient (Wildman–Crippen LogP) is 2.26. The molecular weight excluding hydrogens is 335 g/mol. The Bertz CT molecular complexity index is 412. The number of halogens is 3. The summed E-state index contributed by atoms with van der Waals surface area (Å²) in [4.78, 5) is 14.4. The molecule has 0 radical (unpaired) electrons. The van der Waals surface area contributed by atoms with Crippen molar-refractivity contribution in [2.75, 3.05) is 7.11 Å². The summed E-state index contributed by atoms with van der Waals surface area (Å²) >= 11 is 1.77. The number of pyridine rings is 1. The topological polar surface area (TPSA) is 59.4 Å². The third-order valence-electron chi connectivity index (χ3n) is 1.85. The van der Waals surface area contributed by atoms with Crippen molar-refractivity contribution in [2.24, 2.45) is 0 Å². The van der Waals surface area contributed by atoms with E-state index in [1.807, 2.05) is 0 Å². The Morgan fingerprint density at radius 2 is 2.31 bits per heavy atom. The summed E-state index contributed by atoms with van der Waals surface area (Å²) < 4.78 is 30.5. The van der Waals surface area contributed by atoms with Crippen molar-refractivity contribution in [1.82, 2.24) is 4.98 Å². The Balaban J connectivity index is 3.32. The lowest BCUT2D eigenvalue weighted by molar-refractivity contribution is -0.136. The van der Waals surface area contributed by atoms with Crippen LogP contribution in [0.2, 0.25) is 0 Å². The van der Waals surface area contributed by atoms with Gasteiger partial charge in [0.25, 0.3) is 6.43 Å². The minimum absolute atomic E-state index is 0.0652. The summed E-state index contributed by atoms with van der Waals surface area (Å²) in [5.41, 5.74) is -0.427. The molecule has 1 aromatic rings. The van der Waals surface area contributed by atoms with E-state index in [9.17, 15) is 13.6 Å². The van der Waals surface area contributed by atoms with Crippen molar-refractivity contribution in [3.05, 3.63) is 20.9 Å². The van der Waals surface area contributed by atoms with Crippen molar-refractivity contribution >= 4 is 28.6 Å². The highest BCUT2D eigenvalue weighted by molar-refractivity contribution is 14.1. The monoisotopic (exact) mass is 343 g/mol. The molecule has 0 aliphatic rings. The maximum atomic E-state index is 12.7. The van der Waals surface area contributed by atoms with Crippen LogP contribution in [-0.2, 0) is 11.2 Å². The number of hydrogen-bond acceptors (Lipinski definition) is 3. The van der Waals surface area contributed by atoms with E-state index in [1.54, 1.807) is 22.6 Å². The van der Waals surface area contributed by atoms with Gasteiger partial charge < -0.3 is 9.84 Å². The first kappa shape index (κ1) is 13.1. The number of aliphatic carboxylic acids is 1. The Morgan fingerprint density at radius 3 is 2.75 bits per heavy atom. The lowest BCUT2D eigenvalue weighted by Gasteiger charge is -2.11. The van der Waals surface area contributed by atoms with Crippen LogP contribution in [0.4, 0.5) is 8.78 Å². The molecule has 0 spiro atoms. The van der Waals surface area contributed by atoms with Gasteiger partial charge >= 0.3 is 5.97 Å². The number of methoxy groups -OCH3 is 1. The Morgan fingerprint density at radius 1 is 1.69 bits per heavy atom. The van der Waals surface area contributed by atoms with E-state index in [0.717, 1.165) is 6.07 Å². The molecule has 0 saturated carbocycles. The van der Waals surface area contributed by atoms with Gasteiger partial charge in [-0.25, -0.2) is 13.8 Å². The molecule has 7 heteroatoms. The van der Waals surface area contributed by atoms with E-state index in [0.29, 0.717) is 3.70 Å². The molecule has 0 saturated heterocycles. The summed E-state index contributed by atoms with van der Waals surface area (Å²) in [5, 5.41) is 8.63. The number of nitrogens with zero attached hydrogens (tertiary/aromatic N) is 1. The Hall–Kier alpha value is -0.990. The first-order valence-corrected chi connectivity index (χ1v) is 5.26. The molecule has 0 bridgehead atoms. The van der Waals surface area contributed by atoms with Gasteiger partial charge in [-0.15, -0.1) is 0 Å². The lowest BCUT2D eigenvalue weighted by atomic mass is 10.1. The van der Waals surface area contributed by atoms with Gasteiger partial charge in [-0.3, -0.25) is 4.79 Å². The molecule has 0 aromatic carbocycles. The van der Waals surface area contributed by atoms with Crippen LogP contribution in [0.5, 0.6) is 5.88 Å². The Kier molecular flexibility index (Phi) is 4.39. The van der Waals surface area contributed by atoms with Crippen LogP contribution in [0, 0.1) is 3.70 Å². The normalized spacial score (nSPS) is 10.6. The van der Waals surface area contributed by atoms with E-state index in [2.05, 4.69) is 4.98 Å². The summed E-state index contributed by atoms with van der Waals surface area (Å²) in [5.74, 6) is -1.27. The fourth-order valence-corrected chi connectivity index (χ4v) is 1.78. The van der Waals surface area contributed by atoms with E-state index < -0.39 is 18.8 Å². The average Bonchev–Trinajstić information content (AvgIpc) is 2.19. The van der Waals surface area contributed by atoms with Crippen LogP contribution >= 0.6 is 22.6 Å². The van der Waals surface area contributed by atoms with Gasteiger partial charge in [-0.2, -0.15) is 0 Å². The molecule has 0 atom stereocenters. The van der Waals surface area contributed by atoms with E-state index >= 15 is 0 Å². The number of rotatable bonds is 4. The van der Waals surface area contributed by atoms with Gasteiger partial charge in [0.2, 0.25) is 5.88 Å². The zero-order valence-electron chi connectivity index (χ0n) is 8.21. The smallest absolute Gasteiger partial charge is 0.308 e. The maximum Gasteiger partial charge on any atom is 0.308 e. The predicted molar refractivity (Wildman–Crippen MR) is 59.8 cm³/mol. The molecule has 0 amide bonds. The highest BCUT2D eigenvalue weighted by Gasteiger charge is 2.21. The van der Waals surface area contributed by atoms with Gasteiger partial charge in [0.1, 0.15) is 3.70 Å². The van der Waals surface area contributed by atoms with Crippen molar-refractivity contribution in [2.45, 2.75) is 12.8 Å². The van der Waals surface area contributed by atoms with Crippen LogP contribution < -0.4 is 4.74 Å². The SMILES string of the molecule is COc1nc(I)cc(C(F)F)c1CC(=O)O. The second kappa shape index (κ2) is 5.37. The summed E-state index contributed by atoms with van der Waals surface area (Å²) in [6.45, 7) is 0. The first-order valence-electron chi connectivity index (χ1n) is 4.19. The van der Waals surface area contributed by atoms with Crippen LogP contribution in [0.3, 0.4) is 0 Å². The second-order valence-corrected chi connectivity index (χ2v) is 4.00. The van der Waals surface area contributed by atoms with E-state index in [1.165, 1.54) is 7.11 Å². The third-order valence-corrected chi connectivity index (χ3v) is 2.40. The number of ether oxygens (including phenoxy) is 1. The largest absolute Gasteiger partial charge is 0.481 e. The molecule has 0 fully saturated rings. The van der Waals surface area contributed by atoms with Gasteiger partial charge in [0.05, 0.1) is 13.5 Å². The van der Waals surface area contributed by atoms with Gasteiger partial charge in [0.15, 0.2) is 0 Å². The van der Waals surface area contributed by atoms with Gasteiger partial charge in [-0.1, -0.05) is 0 Å². The standard InChI is InChI=1S/C9H8F2INO3/c1-16-9-5(3-7(14)15)4(8(10)11)2-6(12)13-9/h2,8H,3H2,1H3,(H,14,15). The molecule has 88 valence electrons. The molecule has 0 unspecified atom stereocenters. The van der Waals surface area contributed by atoms with Gasteiger partial charge in [0, 0.05) is 11.1 Å². The van der Waals surface area contributed by atoms with Crippen LogP contribution in [0.1, 0.15) is 17.6 Å². The van der Waals surface area contributed by atoms with E-state index in [-0.39, 0.29) is 17.0 Å². The number of carboxylic acids is 1. The minimum Gasteiger partial charge on any atom is -0.481 e. The molecule has 0 aliphatic heterocycles. The molecule has 1 N–H and O–H groups in total. The van der Waals surface area contributed by atoms with Crippen LogP contribution in [0.15, 0.2) is 6.07 Å². The summed E-state index contributed by atoms with van der Waals surface area (Å²) in [6.07, 6.45) is -3.29. The van der Waals surface area contributed by atoms with E-state index in [4.69, 9.17) is 9.84 Å². The van der Waals surface area contributed by atoms with Crippen molar-refractivity contribution in [3.8, 4) is 5.88 Å². The molecule has 1 aromatic heterocycles. The van der Waals surface area contributed by atoms with Crippen molar-refractivity contribution < 1.29 is 23.4 Å². The lowest BCUT2D eigenvalue weighted by Crippen LogP contribution is -2.08. The summed E-state index contributed by atoms with van der Waals surface area (Å²) in [7, 11) is 1.26. The zero-order chi connectivity index (χ0) is 12.3. The highest BCUT2D eigenvalue weighted by Crippen LogP contribution is 2.30. The summed E-state index contributed by atoms with van der Waals surface area (Å²) in [6, 6.07) is 1.16. The molecule has 4 nitrogen and oxygen atoms in total. The van der Waals surface area contributed by atoms with Crippen molar-refractivity contribution in [1.29, 1.82) is 0 Å².